The van der Waals surface area contributed by atoms with Crippen molar-refractivity contribution in [3.8, 4) is 0 Å². The third kappa shape index (κ3) is 2.83. The molecule has 1 heterocycles. The summed E-state index contributed by atoms with van der Waals surface area (Å²) >= 11 is 1.17. The minimum Gasteiger partial charge on any atom is -0.255 e. The van der Waals surface area contributed by atoms with Gasteiger partial charge >= 0.3 is 0 Å². The lowest BCUT2D eigenvalue weighted by molar-refractivity contribution is 0.504. The molecule has 0 radical (unpaired) electrons. The zero-order valence-corrected chi connectivity index (χ0v) is 14.2. The summed E-state index contributed by atoms with van der Waals surface area (Å²) in [6.07, 6.45) is 0. The second-order valence-corrected chi connectivity index (χ2v) is 8.05. The molecule has 0 saturated carbocycles. The first-order chi connectivity index (χ1) is 11.9. The average Bonchev–Trinajstić information content (AvgIpc) is 2.99. The zero-order valence-electron chi connectivity index (χ0n) is 12.5. The number of aromatic nitrogens is 1. The maximum atomic E-state index is 13.3. The summed E-state index contributed by atoms with van der Waals surface area (Å²) in [5.74, 6) is -2.33. The van der Waals surface area contributed by atoms with E-state index in [2.05, 4.69) is 9.71 Å². The summed E-state index contributed by atoms with van der Waals surface area (Å²) in [7, 11) is -4.06. The molecule has 0 amide bonds. The molecule has 0 aliphatic carbocycles. The van der Waals surface area contributed by atoms with Gasteiger partial charge in [0.05, 0.1) is 15.1 Å². The van der Waals surface area contributed by atoms with Crippen molar-refractivity contribution < 1.29 is 17.2 Å². The standard InChI is InChI=1S/C17H10F2N2O2S2/c18-13-7-6-11(9-14(13)19)25(22,23)21-17-20-16-12-4-2-1-3-10(12)5-8-15(16)24-17/h1-9H,(H,20,21). The predicted octanol–water partition coefficient (Wildman–Crippen LogP) is 4.53. The Morgan fingerprint density at radius 2 is 1.76 bits per heavy atom. The molecule has 0 aliphatic rings. The van der Waals surface area contributed by atoms with Crippen LogP contribution in [0.4, 0.5) is 13.9 Å². The van der Waals surface area contributed by atoms with Crippen LogP contribution in [0.3, 0.4) is 0 Å². The molecule has 0 unspecified atom stereocenters. The van der Waals surface area contributed by atoms with Gasteiger partial charge in [0.25, 0.3) is 10.0 Å². The SMILES string of the molecule is O=S(=O)(Nc1nc2c(ccc3ccccc32)s1)c1ccc(F)c(F)c1. The largest absolute Gasteiger partial charge is 0.263 e. The fraction of sp³-hybridized carbons (Fsp3) is 0. The lowest BCUT2D eigenvalue weighted by Gasteiger charge is -2.05. The van der Waals surface area contributed by atoms with Crippen LogP contribution in [0.25, 0.3) is 21.0 Å². The van der Waals surface area contributed by atoms with E-state index in [0.717, 1.165) is 27.6 Å². The molecule has 0 bridgehead atoms. The molecule has 8 heteroatoms. The Bertz CT molecular complexity index is 1220. The molecule has 0 atom stereocenters. The lowest BCUT2D eigenvalue weighted by atomic mass is 10.1. The molecule has 1 N–H and O–H groups in total. The number of nitrogens with one attached hydrogen (secondary N) is 1. The predicted molar refractivity (Wildman–Crippen MR) is 94.3 cm³/mol. The van der Waals surface area contributed by atoms with Gasteiger partial charge in [0.1, 0.15) is 0 Å². The van der Waals surface area contributed by atoms with Crippen molar-refractivity contribution in [1.29, 1.82) is 0 Å². The van der Waals surface area contributed by atoms with E-state index in [-0.39, 0.29) is 10.0 Å². The summed E-state index contributed by atoms with van der Waals surface area (Å²) in [4.78, 5) is 3.99. The van der Waals surface area contributed by atoms with E-state index < -0.39 is 21.7 Å². The Kier molecular flexibility index (Phi) is 3.66. The highest BCUT2D eigenvalue weighted by Gasteiger charge is 2.19. The van der Waals surface area contributed by atoms with Crippen LogP contribution in [-0.4, -0.2) is 13.4 Å². The number of hydrogen-bond donors (Lipinski definition) is 1. The second-order valence-electron chi connectivity index (χ2n) is 5.33. The summed E-state index contributed by atoms with van der Waals surface area (Å²) in [5.41, 5.74) is 0.686. The molecule has 126 valence electrons. The summed E-state index contributed by atoms with van der Waals surface area (Å²) in [6.45, 7) is 0. The van der Waals surface area contributed by atoms with Gasteiger partial charge in [-0.15, -0.1) is 0 Å². The van der Waals surface area contributed by atoms with E-state index >= 15 is 0 Å². The second kappa shape index (κ2) is 5.75. The van der Waals surface area contributed by atoms with Crippen molar-refractivity contribution in [2.24, 2.45) is 0 Å². The average molecular weight is 376 g/mol. The minimum absolute atomic E-state index is 0.163. The topological polar surface area (TPSA) is 59.1 Å². The number of rotatable bonds is 3. The Hall–Kier alpha value is -2.58. The Morgan fingerprint density at radius 3 is 2.56 bits per heavy atom. The van der Waals surface area contributed by atoms with E-state index in [1.54, 1.807) is 0 Å². The molecular weight excluding hydrogens is 366 g/mol. The van der Waals surface area contributed by atoms with Crippen molar-refractivity contribution in [3.63, 3.8) is 0 Å². The fourth-order valence-corrected chi connectivity index (χ4v) is 4.65. The number of anilines is 1. The van der Waals surface area contributed by atoms with Crippen LogP contribution in [0.2, 0.25) is 0 Å². The molecular formula is C17H10F2N2O2S2. The molecule has 4 aromatic rings. The summed E-state index contributed by atoms with van der Waals surface area (Å²) < 4.78 is 54.2. The first-order valence-electron chi connectivity index (χ1n) is 7.20. The molecule has 3 aromatic carbocycles. The Labute approximate surface area is 145 Å². The van der Waals surface area contributed by atoms with Gasteiger partial charge in [-0.25, -0.2) is 22.2 Å². The van der Waals surface area contributed by atoms with Crippen LogP contribution in [0.5, 0.6) is 0 Å². The molecule has 0 saturated heterocycles. The van der Waals surface area contributed by atoms with Crippen molar-refractivity contribution in [2.75, 3.05) is 4.72 Å². The number of hydrogen-bond acceptors (Lipinski definition) is 4. The van der Waals surface area contributed by atoms with Crippen molar-refractivity contribution in [3.05, 3.63) is 66.2 Å². The fourth-order valence-electron chi connectivity index (χ4n) is 2.52. The van der Waals surface area contributed by atoms with Gasteiger partial charge in [-0.1, -0.05) is 41.7 Å². The van der Waals surface area contributed by atoms with Gasteiger partial charge in [-0.05, 0) is 29.7 Å². The van der Waals surface area contributed by atoms with Crippen molar-refractivity contribution >= 4 is 47.5 Å². The first kappa shape index (κ1) is 15.9. The highest BCUT2D eigenvalue weighted by molar-refractivity contribution is 7.93. The number of fused-ring (bicyclic) bond motifs is 3. The minimum atomic E-state index is -4.06. The van der Waals surface area contributed by atoms with Gasteiger partial charge in [0, 0.05) is 5.39 Å². The van der Waals surface area contributed by atoms with Crippen molar-refractivity contribution in [1.82, 2.24) is 4.98 Å². The molecule has 0 aliphatic heterocycles. The first-order valence-corrected chi connectivity index (χ1v) is 9.50. The summed E-state index contributed by atoms with van der Waals surface area (Å²) in [5, 5.41) is 2.07. The highest BCUT2D eigenvalue weighted by Crippen LogP contribution is 2.32. The zero-order chi connectivity index (χ0) is 17.6. The van der Waals surface area contributed by atoms with Crippen LogP contribution in [-0.2, 0) is 10.0 Å². The van der Waals surface area contributed by atoms with Gasteiger partial charge in [0.15, 0.2) is 16.8 Å². The molecule has 4 rings (SSSR count). The number of sulfonamides is 1. The van der Waals surface area contributed by atoms with Crippen LogP contribution in [0.1, 0.15) is 0 Å². The highest BCUT2D eigenvalue weighted by atomic mass is 32.2. The molecule has 0 fully saturated rings. The quantitative estimate of drug-likeness (QED) is 0.572. The maximum Gasteiger partial charge on any atom is 0.263 e. The smallest absolute Gasteiger partial charge is 0.255 e. The van der Waals surface area contributed by atoms with E-state index in [9.17, 15) is 17.2 Å². The molecule has 25 heavy (non-hydrogen) atoms. The summed E-state index contributed by atoms with van der Waals surface area (Å²) in [6, 6.07) is 13.9. The van der Waals surface area contributed by atoms with E-state index in [0.29, 0.717) is 11.6 Å². The van der Waals surface area contributed by atoms with E-state index in [1.165, 1.54) is 11.3 Å². The van der Waals surface area contributed by atoms with Crippen LogP contribution in [0, 0.1) is 11.6 Å². The normalized spacial score (nSPS) is 11.9. The third-order valence-corrected chi connectivity index (χ3v) is 6.11. The lowest BCUT2D eigenvalue weighted by Crippen LogP contribution is -2.13. The number of thiazole rings is 1. The van der Waals surface area contributed by atoms with Gasteiger partial charge in [-0.2, -0.15) is 0 Å². The van der Waals surface area contributed by atoms with Gasteiger partial charge in [-0.3, -0.25) is 4.72 Å². The van der Waals surface area contributed by atoms with Gasteiger partial charge in [0.2, 0.25) is 0 Å². The van der Waals surface area contributed by atoms with E-state index in [1.807, 2.05) is 36.4 Å². The Morgan fingerprint density at radius 1 is 0.960 bits per heavy atom. The monoisotopic (exact) mass is 376 g/mol. The third-order valence-electron chi connectivity index (χ3n) is 3.71. The number of halogens is 2. The number of nitrogens with zero attached hydrogens (tertiary/aromatic N) is 1. The molecule has 1 aromatic heterocycles. The molecule has 0 spiro atoms. The van der Waals surface area contributed by atoms with Gasteiger partial charge < -0.3 is 0 Å². The van der Waals surface area contributed by atoms with Crippen molar-refractivity contribution in [2.45, 2.75) is 4.90 Å². The van der Waals surface area contributed by atoms with Crippen LogP contribution >= 0.6 is 11.3 Å². The van der Waals surface area contributed by atoms with Crippen LogP contribution in [0.15, 0.2) is 59.5 Å². The number of benzene rings is 3. The maximum absolute atomic E-state index is 13.3. The Balaban J connectivity index is 1.77. The van der Waals surface area contributed by atoms with Crippen LogP contribution < -0.4 is 4.72 Å². The van der Waals surface area contributed by atoms with E-state index in [4.69, 9.17) is 0 Å². The molecule has 4 nitrogen and oxygen atoms in total.